The predicted molar refractivity (Wildman–Crippen MR) is 85.8 cm³/mol. The van der Waals surface area contributed by atoms with Crippen LogP contribution in [0.2, 0.25) is 0 Å². The van der Waals surface area contributed by atoms with E-state index < -0.39 is 0 Å². The van der Waals surface area contributed by atoms with Gasteiger partial charge < -0.3 is 13.9 Å². The maximum atomic E-state index is 12.3. The van der Waals surface area contributed by atoms with Crippen molar-refractivity contribution in [2.45, 2.75) is 6.92 Å². The minimum absolute atomic E-state index is 0.347. The van der Waals surface area contributed by atoms with Crippen LogP contribution in [0.4, 0.5) is 0 Å². The fourth-order valence-electron chi connectivity index (χ4n) is 2.55. The Kier molecular flexibility index (Phi) is 3.59. The highest BCUT2D eigenvalue weighted by molar-refractivity contribution is 5.87. The molecule has 1 heterocycles. The van der Waals surface area contributed by atoms with Crippen LogP contribution in [0.3, 0.4) is 0 Å². The van der Waals surface area contributed by atoms with Crippen molar-refractivity contribution in [1.29, 1.82) is 0 Å². The number of fused-ring (bicyclic) bond motifs is 1. The van der Waals surface area contributed by atoms with Crippen LogP contribution in [0.1, 0.15) is 5.56 Å². The normalized spacial score (nSPS) is 10.7. The molecule has 0 aliphatic carbocycles. The van der Waals surface area contributed by atoms with Crippen LogP contribution >= 0.6 is 0 Å². The van der Waals surface area contributed by atoms with E-state index >= 15 is 0 Å². The van der Waals surface area contributed by atoms with Gasteiger partial charge in [0.15, 0.2) is 0 Å². The fourth-order valence-corrected chi connectivity index (χ4v) is 2.55. The molecule has 0 aliphatic heterocycles. The van der Waals surface area contributed by atoms with Gasteiger partial charge in [-0.3, -0.25) is 0 Å². The van der Waals surface area contributed by atoms with Crippen LogP contribution in [0, 0.1) is 6.92 Å². The van der Waals surface area contributed by atoms with E-state index in [0.717, 1.165) is 28.0 Å². The third-order valence-electron chi connectivity index (χ3n) is 3.75. The lowest BCUT2D eigenvalue weighted by atomic mass is 9.99. The summed E-state index contributed by atoms with van der Waals surface area (Å²) in [6.45, 7) is 1.91. The van der Waals surface area contributed by atoms with E-state index in [0.29, 0.717) is 11.1 Å². The average Bonchev–Trinajstić information content (AvgIpc) is 2.55. The Hall–Kier alpha value is -2.75. The second kappa shape index (κ2) is 5.56. The minimum atomic E-state index is -0.347. The maximum Gasteiger partial charge on any atom is 0.344 e. The van der Waals surface area contributed by atoms with Gasteiger partial charge in [-0.05, 0) is 48.4 Å². The van der Waals surface area contributed by atoms with Crippen molar-refractivity contribution >= 4 is 11.0 Å². The van der Waals surface area contributed by atoms with Gasteiger partial charge in [0.1, 0.15) is 17.1 Å². The van der Waals surface area contributed by atoms with Crippen molar-refractivity contribution in [2.75, 3.05) is 14.2 Å². The number of ether oxygens (including phenoxy) is 2. The summed E-state index contributed by atoms with van der Waals surface area (Å²) in [5, 5.41) is 0.866. The van der Waals surface area contributed by atoms with Crippen LogP contribution in [0.25, 0.3) is 22.1 Å². The van der Waals surface area contributed by atoms with Gasteiger partial charge >= 0.3 is 5.63 Å². The van der Waals surface area contributed by atoms with E-state index in [2.05, 4.69) is 0 Å². The van der Waals surface area contributed by atoms with Gasteiger partial charge in [0.05, 0.1) is 19.8 Å². The first kappa shape index (κ1) is 14.2. The Morgan fingerprint density at radius 2 is 1.55 bits per heavy atom. The summed E-state index contributed by atoms with van der Waals surface area (Å²) in [7, 11) is 3.22. The molecule has 2 aromatic carbocycles. The molecule has 3 rings (SSSR count). The Bertz CT molecular complexity index is 876. The van der Waals surface area contributed by atoms with Gasteiger partial charge in [0, 0.05) is 5.39 Å². The smallest absolute Gasteiger partial charge is 0.344 e. The molecule has 0 fully saturated rings. The molecule has 0 N–H and O–H groups in total. The minimum Gasteiger partial charge on any atom is -0.497 e. The van der Waals surface area contributed by atoms with Crippen molar-refractivity contribution in [3.8, 4) is 22.6 Å². The fraction of sp³-hybridized carbons (Fsp3) is 0.167. The second-order valence-electron chi connectivity index (χ2n) is 4.98. The Labute approximate surface area is 127 Å². The summed E-state index contributed by atoms with van der Waals surface area (Å²) in [5.74, 6) is 1.47. The number of hydrogen-bond donors (Lipinski definition) is 0. The molecule has 0 unspecified atom stereocenters. The number of methoxy groups -OCH3 is 2. The lowest BCUT2D eigenvalue weighted by Gasteiger charge is -2.09. The predicted octanol–water partition coefficient (Wildman–Crippen LogP) is 3.79. The largest absolute Gasteiger partial charge is 0.497 e. The van der Waals surface area contributed by atoms with Crippen LogP contribution < -0.4 is 15.1 Å². The number of rotatable bonds is 3. The molecule has 4 heteroatoms. The van der Waals surface area contributed by atoms with E-state index in [1.807, 2.05) is 37.3 Å². The highest BCUT2D eigenvalue weighted by Gasteiger charge is 2.14. The third-order valence-corrected chi connectivity index (χ3v) is 3.75. The quantitative estimate of drug-likeness (QED) is 0.690. The molecule has 22 heavy (non-hydrogen) atoms. The van der Waals surface area contributed by atoms with Gasteiger partial charge in [0.2, 0.25) is 0 Å². The molecular weight excluding hydrogens is 280 g/mol. The highest BCUT2D eigenvalue weighted by Crippen LogP contribution is 2.29. The van der Waals surface area contributed by atoms with E-state index in [1.165, 1.54) is 0 Å². The number of benzene rings is 2. The topological polar surface area (TPSA) is 48.7 Å². The zero-order chi connectivity index (χ0) is 15.7. The Morgan fingerprint density at radius 3 is 2.18 bits per heavy atom. The van der Waals surface area contributed by atoms with Gasteiger partial charge in [-0.1, -0.05) is 12.1 Å². The van der Waals surface area contributed by atoms with E-state index in [-0.39, 0.29) is 5.63 Å². The Balaban J connectivity index is 2.25. The zero-order valence-electron chi connectivity index (χ0n) is 12.7. The molecule has 1 aromatic heterocycles. The highest BCUT2D eigenvalue weighted by atomic mass is 16.5. The lowest BCUT2D eigenvalue weighted by molar-refractivity contribution is 0.415. The molecule has 4 nitrogen and oxygen atoms in total. The molecule has 0 aliphatic rings. The third kappa shape index (κ3) is 2.33. The van der Waals surface area contributed by atoms with Crippen molar-refractivity contribution in [3.05, 3.63) is 58.4 Å². The van der Waals surface area contributed by atoms with E-state index in [9.17, 15) is 4.79 Å². The van der Waals surface area contributed by atoms with Gasteiger partial charge in [0.25, 0.3) is 0 Å². The molecule has 3 aromatic rings. The summed E-state index contributed by atoms with van der Waals surface area (Å²) < 4.78 is 15.8. The summed E-state index contributed by atoms with van der Waals surface area (Å²) in [6, 6.07) is 12.8. The van der Waals surface area contributed by atoms with Gasteiger partial charge in [-0.15, -0.1) is 0 Å². The van der Waals surface area contributed by atoms with Crippen LogP contribution in [0.15, 0.2) is 51.7 Å². The zero-order valence-corrected chi connectivity index (χ0v) is 12.7. The first-order valence-corrected chi connectivity index (χ1v) is 6.90. The monoisotopic (exact) mass is 296 g/mol. The van der Waals surface area contributed by atoms with Crippen LogP contribution in [0.5, 0.6) is 11.5 Å². The molecule has 112 valence electrons. The molecule has 0 spiro atoms. The maximum absolute atomic E-state index is 12.3. The Morgan fingerprint density at radius 1 is 0.909 bits per heavy atom. The summed E-state index contributed by atoms with van der Waals surface area (Å²) in [5.41, 5.74) is 2.44. The number of hydrogen-bond acceptors (Lipinski definition) is 4. The molecule has 0 saturated heterocycles. The molecular formula is C18H16O4. The van der Waals surface area contributed by atoms with E-state index in [1.54, 1.807) is 26.4 Å². The molecule has 0 atom stereocenters. The molecule has 0 amide bonds. The summed E-state index contributed by atoms with van der Waals surface area (Å²) in [6.07, 6.45) is 0. The number of aryl methyl sites for hydroxylation is 1. The summed E-state index contributed by atoms with van der Waals surface area (Å²) >= 11 is 0. The summed E-state index contributed by atoms with van der Waals surface area (Å²) in [4.78, 5) is 12.3. The second-order valence-corrected chi connectivity index (χ2v) is 4.98. The van der Waals surface area contributed by atoms with Crippen molar-refractivity contribution in [2.24, 2.45) is 0 Å². The van der Waals surface area contributed by atoms with Crippen molar-refractivity contribution in [3.63, 3.8) is 0 Å². The van der Waals surface area contributed by atoms with Crippen molar-refractivity contribution < 1.29 is 13.9 Å². The SMILES string of the molecule is COc1ccc(-c2c(C)c3cc(OC)ccc3oc2=O)cc1. The van der Waals surface area contributed by atoms with Crippen molar-refractivity contribution in [1.82, 2.24) is 0 Å². The van der Waals surface area contributed by atoms with E-state index in [4.69, 9.17) is 13.9 Å². The van der Waals surface area contributed by atoms with Crippen LogP contribution in [-0.2, 0) is 0 Å². The molecule has 0 radical (unpaired) electrons. The van der Waals surface area contributed by atoms with Gasteiger partial charge in [-0.2, -0.15) is 0 Å². The molecule has 0 bridgehead atoms. The molecule has 0 saturated carbocycles. The lowest BCUT2D eigenvalue weighted by Crippen LogP contribution is -2.06. The standard InChI is InChI=1S/C18H16O4/c1-11-15-10-14(21-3)8-9-16(15)22-18(19)17(11)12-4-6-13(20-2)7-5-12/h4-10H,1-3H3. The van der Waals surface area contributed by atoms with Gasteiger partial charge in [-0.25, -0.2) is 4.79 Å². The average molecular weight is 296 g/mol. The van der Waals surface area contributed by atoms with Crippen LogP contribution in [-0.4, -0.2) is 14.2 Å². The first-order chi connectivity index (χ1) is 10.6. The first-order valence-electron chi connectivity index (χ1n) is 6.90.